The molecular weight excluding hydrogens is 256 g/mol. The van der Waals surface area contributed by atoms with Gasteiger partial charge in [0.25, 0.3) is 11.1 Å². The number of fused-ring (bicyclic) bond motifs is 1. The third-order valence-electron chi connectivity index (χ3n) is 2.93. The number of H-pyrrole nitrogens is 1. The molecule has 1 N–H and O–H groups in total. The molecule has 3 aromatic rings. The molecule has 0 spiro atoms. The number of nitrogens with one attached hydrogen (secondary N) is 1. The first-order chi connectivity index (χ1) is 9.70. The molecule has 3 rings (SSSR count). The summed E-state index contributed by atoms with van der Waals surface area (Å²) in [5.41, 5.74) is -0.538. The predicted octanol–water partition coefficient (Wildman–Crippen LogP) is 0.946. The first kappa shape index (κ1) is 11.9. The highest BCUT2D eigenvalue weighted by Crippen LogP contribution is 2.08. The van der Waals surface area contributed by atoms with Crippen molar-refractivity contribution in [1.82, 2.24) is 14.5 Å². The number of aromatic nitrogens is 3. The van der Waals surface area contributed by atoms with Gasteiger partial charge in [-0.2, -0.15) is 5.26 Å². The second kappa shape index (κ2) is 4.48. The molecule has 6 nitrogen and oxygen atoms in total. The second-order valence-corrected chi connectivity index (χ2v) is 4.13. The fourth-order valence-electron chi connectivity index (χ4n) is 1.96. The summed E-state index contributed by atoms with van der Waals surface area (Å²) in [7, 11) is 0. The molecule has 0 unspecified atom stereocenters. The maximum absolute atomic E-state index is 12.4. The van der Waals surface area contributed by atoms with Gasteiger partial charge < -0.3 is 4.98 Å². The lowest BCUT2D eigenvalue weighted by atomic mass is 10.2. The van der Waals surface area contributed by atoms with Gasteiger partial charge in [0.1, 0.15) is 17.5 Å². The second-order valence-electron chi connectivity index (χ2n) is 4.13. The summed E-state index contributed by atoms with van der Waals surface area (Å²) < 4.78 is 1.36. The van der Waals surface area contributed by atoms with Crippen molar-refractivity contribution < 1.29 is 0 Å². The van der Waals surface area contributed by atoms with Crippen LogP contribution in [0.4, 0.5) is 0 Å². The van der Waals surface area contributed by atoms with Crippen LogP contribution in [0.25, 0.3) is 16.7 Å². The molecule has 20 heavy (non-hydrogen) atoms. The van der Waals surface area contributed by atoms with Crippen LogP contribution >= 0.6 is 0 Å². The van der Waals surface area contributed by atoms with Gasteiger partial charge >= 0.3 is 0 Å². The molecule has 96 valence electrons. The minimum atomic E-state index is -0.505. The van der Waals surface area contributed by atoms with Crippen LogP contribution in [0.1, 0.15) is 5.56 Å². The SMILES string of the molecule is N#Cc1cc2c(=O)n(-c3ccccn3)ccc2[nH]c1=O. The van der Waals surface area contributed by atoms with Crippen molar-refractivity contribution in [3.8, 4) is 11.9 Å². The van der Waals surface area contributed by atoms with E-state index in [2.05, 4.69) is 9.97 Å². The van der Waals surface area contributed by atoms with E-state index < -0.39 is 5.56 Å². The maximum Gasteiger partial charge on any atom is 0.266 e. The molecule has 0 aliphatic carbocycles. The van der Waals surface area contributed by atoms with Crippen molar-refractivity contribution in [3.05, 3.63) is 69.0 Å². The van der Waals surface area contributed by atoms with Crippen molar-refractivity contribution in [2.24, 2.45) is 0 Å². The van der Waals surface area contributed by atoms with E-state index in [-0.39, 0.29) is 16.5 Å². The summed E-state index contributed by atoms with van der Waals surface area (Å²) in [5.74, 6) is 0.476. The monoisotopic (exact) mass is 264 g/mol. The van der Waals surface area contributed by atoms with Gasteiger partial charge in [-0.1, -0.05) is 6.07 Å². The van der Waals surface area contributed by atoms with Crippen molar-refractivity contribution in [1.29, 1.82) is 5.26 Å². The van der Waals surface area contributed by atoms with E-state index in [1.165, 1.54) is 16.8 Å². The average molecular weight is 264 g/mol. The van der Waals surface area contributed by atoms with E-state index in [4.69, 9.17) is 5.26 Å². The minimum absolute atomic E-state index is 0.0895. The van der Waals surface area contributed by atoms with Crippen LogP contribution in [-0.4, -0.2) is 14.5 Å². The van der Waals surface area contributed by atoms with Gasteiger partial charge in [-0.15, -0.1) is 0 Å². The van der Waals surface area contributed by atoms with Crippen LogP contribution < -0.4 is 11.1 Å². The first-order valence-electron chi connectivity index (χ1n) is 5.81. The van der Waals surface area contributed by atoms with Crippen molar-refractivity contribution >= 4 is 10.9 Å². The van der Waals surface area contributed by atoms with E-state index >= 15 is 0 Å². The summed E-state index contributed by atoms with van der Waals surface area (Å²) in [6.07, 6.45) is 3.12. The van der Waals surface area contributed by atoms with E-state index in [1.54, 1.807) is 36.5 Å². The Bertz CT molecular complexity index is 949. The third kappa shape index (κ3) is 1.78. The Balaban J connectivity index is 2.37. The van der Waals surface area contributed by atoms with E-state index in [1.807, 2.05) is 0 Å². The average Bonchev–Trinajstić information content (AvgIpc) is 2.48. The Kier molecular flexibility index (Phi) is 2.66. The molecule has 0 saturated carbocycles. The van der Waals surface area contributed by atoms with Gasteiger partial charge in [0.05, 0.1) is 10.9 Å². The molecular formula is C14H8N4O2. The Morgan fingerprint density at radius 1 is 1.25 bits per heavy atom. The molecule has 0 aliphatic heterocycles. The summed E-state index contributed by atoms with van der Waals surface area (Å²) in [5, 5.41) is 9.14. The van der Waals surface area contributed by atoms with E-state index in [0.29, 0.717) is 11.3 Å². The fourth-order valence-corrected chi connectivity index (χ4v) is 1.96. The highest BCUT2D eigenvalue weighted by Gasteiger charge is 2.08. The van der Waals surface area contributed by atoms with Gasteiger partial charge in [-0.05, 0) is 24.3 Å². The maximum atomic E-state index is 12.4. The molecule has 0 fully saturated rings. The van der Waals surface area contributed by atoms with Crippen molar-refractivity contribution in [2.45, 2.75) is 0 Å². The Hall–Kier alpha value is -3.20. The topological polar surface area (TPSA) is 91.5 Å². The zero-order valence-electron chi connectivity index (χ0n) is 10.2. The number of pyridine rings is 3. The zero-order chi connectivity index (χ0) is 14.1. The van der Waals surface area contributed by atoms with Crippen LogP contribution in [0, 0.1) is 11.3 Å². The summed E-state index contributed by atoms with van der Waals surface area (Å²) in [6, 6.07) is 9.89. The number of nitriles is 1. The van der Waals surface area contributed by atoms with Crippen LogP contribution in [-0.2, 0) is 0 Å². The molecule has 3 heterocycles. The molecule has 3 aromatic heterocycles. The number of rotatable bonds is 1. The number of hydrogen-bond acceptors (Lipinski definition) is 4. The van der Waals surface area contributed by atoms with Crippen molar-refractivity contribution in [2.75, 3.05) is 0 Å². The first-order valence-corrected chi connectivity index (χ1v) is 5.81. The van der Waals surface area contributed by atoms with E-state index in [9.17, 15) is 9.59 Å². The summed E-state index contributed by atoms with van der Waals surface area (Å²) in [6.45, 7) is 0. The van der Waals surface area contributed by atoms with Crippen LogP contribution in [0.3, 0.4) is 0 Å². The van der Waals surface area contributed by atoms with Gasteiger partial charge in [-0.3, -0.25) is 14.2 Å². The lowest BCUT2D eigenvalue weighted by molar-refractivity contribution is 0.952. The van der Waals surface area contributed by atoms with Crippen LogP contribution in [0.15, 0.2) is 52.3 Å². The lowest BCUT2D eigenvalue weighted by Crippen LogP contribution is -2.21. The van der Waals surface area contributed by atoms with Gasteiger partial charge in [0.2, 0.25) is 0 Å². The molecule has 6 heteroatoms. The van der Waals surface area contributed by atoms with Crippen LogP contribution in [0.2, 0.25) is 0 Å². The third-order valence-corrected chi connectivity index (χ3v) is 2.93. The van der Waals surface area contributed by atoms with Crippen LogP contribution in [0.5, 0.6) is 0 Å². The highest BCUT2D eigenvalue weighted by atomic mass is 16.1. The molecule has 0 aliphatic rings. The number of aromatic amines is 1. The zero-order valence-corrected chi connectivity index (χ0v) is 10.2. The van der Waals surface area contributed by atoms with Crippen molar-refractivity contribution in [3.63, 3.8) is 0 Å². The Morgan fingerprint density at radius 3 is 2.80 bits per heavy atom. The smallest absolute Gasteiger partial charge is 0.266 e. The predicted molar refractivity (Wildman–Crippen MR) is 72.7 cm³/mol. The molecule has 0 radical (unpaired) electrons. The molecule has 0 aromatic carbocycles. The minimum Gasteiger partial charge on any atom is -0.321 e. The number of nitrogens with zero attached hydrogens (tertiary/aromatic N) is 3. The standard InChI is InChI=1S/C14H8N4O2/c15-8-9-7-10-11(17-13(9)19)4-6-18(14(10)20)12-3-1-2-5-16-12/h1-7H,(H,17,19). The summed E-state index contributed by atoms with van der Waals surface area (Å²) >= 11 is 0. The van der Waals surface area contributed by atoms with Gasteiger partial charge in [-0.25, -0.2) is 4.98 Å². The lowest BCUT2D eigenvalue weighted by Gasteiger charge is -2.05. The molecule has 0 amide bonds. The Labute approximate surface area is 112 Å². The highest BCUT2D eigenvalue weighted by molar-refractivity contribution is 5.78. The van der Waals surface area contributed by atoms with Gasteiger partial charge in [0.15, 0.2) is 0 Å². The molecule has 0 atom stereocenters. The quantitative estimate of drug-likeness (QED) is 0.708. The van der Waals surface area contributed by atoms with Gasteiger partial charge in [0, 0.05) is 12.4 Å². The number of hydrogen-bond donors (Lipinski definition) is 1. The normalized spacial score (nSPS) is 10.3. The Morgan fingerprint density at radius 2 is 2.10 bits per heavy atom. The van der Waals surface area contributed by atoms with E-state index in [0.717, 1.165) is 0 Å². The molecule has 0 bridgehead atoms. The summed E-state index contributed by atoms with van der Waals surface area (Å²) in [4.78, 5) is 30.6. The largest absolute Gasteiger partial charge is 0.321 e. The molecule has 0 saturated heterocycles. The fraction of sp³-hybridized carbons (Fsp3) is 0.